The number of hydrogen-bond donors (Lipinski definition) is 2. The van der Waals surface area contributed by atoms with E-state index in [2.05, 4.69) is 41.2 Å². The Kier molecular flexibility index (Phi) is 1.99. The van der Waals surface area contributed by atoms with Crippen LogP contribution >= 0.6 is 0 Å². The smallest absolute Gasteiger partial charge is 0.198 e. The van der Waals surface area contributed by atoms with Gasteiger partial charge < -0.3 is 10.7 Å². The number of nitrogen functional groups attached to an aromatic ring is 1. The highest BCUT2D eigenvalue weighted by atomic mass is 15.0. The minimum Gasteiger partial charge on any atom is -0.369 e. The van der Waals surface area contributed by atoms with Crippen molar-refractivity contribution in [2.45, 2.75) is 19.8 Å². The van der Waals surface area contributed by atoms with Crippen molar-refractivity contribution in [2.75, 3.05) is 5.73 Å². The van der Waals surface area contributed by atoms with E-state index in [1.54, 1.807) is 0 Å². The summed E-state index contributed by atoms with van der Waals surface area (Å²) < 4.78 is 0. The van der Waals surface area contributed by atoms with Crippen LogP contribution in [0.2, 0.25) is 0 Å². The summed E-state index contributed by atoms with van der Waals surface area (Å²) in [6.45, 7) is 2.11. The molecular formula is C13H15N3. The topological polar surface area (TPSA) is 54.7 Å². The van der Waals surface area contributed by atoms with Crippen LogP contribution in [0.3, 0.4) is 0 Å². The van der Waals surface area contributed by atoms with E-state index in [9.17, 15) is 0 Å². The molecular weight excluding hydrogens is 198 g/mol. The Morgan fingerprint density at radius 2 is 2.25 bits per heavy atom. The molecule has 1 aliphatic rings. The third-order valence-electron chi connectivity index (χ3n) is 3.06. The predicted molar refractivity (Wildman–Crippen MR) is 67.0 cm³/mol. The number of allylic oxidation sites excluding steroid dienone is 1. The lowest BCUT2D eigenvalue weighted by molar-refractivity contribution is 1.13. The molecule has 0 amide bonds. The highest BCUT2D eigenvalue weighted by Gasteiger charge is 2.17. The van der Waals surface area contributed by atoms with Crippen molar-refractivity contribution in [3.8, 4) is 0 Å². The number of aryl methyl sites for hydroxylation is 1. The first-order valence-electron chi connectivity index (χ1n) is 5.66. The van der Waals surface area contributed by atoms with E-state index in [-0.39, 0.29) is 0 Å². The Hall–Kier alpha value is -1.77. The number of nitrogens with zero attached hydrogens (tertiary/aromatic N) is 1. The second-order valence-corrected chi connectivity index (χ2v) is 4.54. The molecule has 16 heavy (non-hydrogen) atoms. The maximum absolute atomic E-state index is 5.64. The molecule has 1 fully saturated rings. The SMILES string of the molecule is Cc1cc2[nH]c(N)nc2cc1/C=C/C1CC1. The number of imidazole rings is 1. The molecule has 82 valence electrons. The van der Waals surface area contributed by atoms with E-state index < -0.39 is 0 Å². The second kappa shape index (κ2) is 3.37. The van der Waals surface area contributed by atoms with Crippen molar-refractivity contribution in [1.82, 2.24) is 9.97 Å². The van der Waals surface area contributed by atoms with Gasteiger partial charge in [-0.05, 0) is 48.9 Å². The van der Waals surface area contributed by atoms with E-state index in [4.69, 9.17) is 5.73 Å². The Morgan fingerprint density at radius 1 is 1.44 bits per heavy atom. The van der Waals surface area contributed by atoms with Crippen molar-refractivity contribution in [3.05, 3.63) is 29.3 Å². The monoisotopic (exact) mass is 213 g/mol. The van der Waals surface area contributed by atoms with Crippen LogP contribution in [0.4, 0.5) is 5.95 Å². The summed E-state index contributed by atoms with van der Waals surface area (Å²) in [4.78, 5) is 7.29. The Morgan fingerprint density at radius 3 is 3.00 bits per heavy atom. The molecule has 0 atom stereocenters. The minimum absolute atomic E-state index is 0.484. The van der Waals surface area contributed by atoms with Gasteiger partial charge in [0.15, 0.2) is 5.95 Å². The molecule has 0 saturated heterocycles. The zero-order valence-electron chi connectivity index (χ0n) is 9.33. The number of aromatic amines is 1. The van der Waals surface area contributed by atoms with Crippen molar-refractivity contribution >= 4 is 23.1 Å². The van der Waals surface area contributed by atoms with Crippen LogP contribution in [0.5, 0.6) is 0 Å². The van der Waals surface area contributed by atoms with E-state index in [0.29, 0.717) is 5.95 Å². The lowest BCUT2D eigenvalue weighted by Crippen LogP contribution is -1.84. The average molecular weight is 213 g/mol. The zero-order valence-corrected chi connectivity index (χ0v) is 9.33. The van der Waals surface area contributed by atoms with Gasteiger partial charge in [-0.2, -0.15) is 0 Å². The van der Waals surface area contributed by atoms with Gasteiger partial charge in [-0.25, -0.2) is 4.98 Å². The number of nitrogens with two attached hydrogens (primary N) is 1. The average Bonchev–Trinajstić information content (AvgIpc) is 2.98. The molecule has 0 bridgehead atoms. The lowest BCUT2D eigenvalue weighted by atomic mass is 10.1. The van der Waals surface area contributed by atoms with Crippen LogP contribution in [0.1, 0.15) is 24.0 Å². The molecule has 0 radical (unpaired) electrons. The first-order chi connectivity index (χ1) is 7.72. The first kappa shape index (κ1) is 9.46. The first-order valence-corrected chi connectivity index (χ1v) is 5.66. The van der Waals surface area contributed by atoms with Gasteiger partial charge in [-0.1, -0.05) is 12.2 Å². The molecule has 0 unspecified atom stereocenters. The second-order valence-electron chi connectivity index (χ2n) is 4.54. The van der Waals surface area contributed by atoms with Crippen LogP contribution in [0.25, 0.3) is 17.1 Å². The quantitative estimate of drug-likeness (QED) is 0.806. The summed E-state index contributed by atoms with van der Waals surface area (Å²) in [6, 6.07) is 4.20. The molecule has 1 saturated carbocycles. The number of rotatable bonds is 2. The summed E-state index contributed by atoms with van der Waals surface area (Å²) in [5.41, 5.74) is 10.1. The van der Waals surface area contributed by atoms with E-state index in [0.717, 1.165) is 17.0 Å². The van der Waals surface area contributed by atoms with Crippen LogP contribution in [0, 0.1) is 12.8 Å². The Balaban J connectivity index is 2.05. The molecule has 3 heteroatoms. The fourth-order valence-corrected chi connectivity index (χ4v) is 1.91. The molecule has 3 nitrogen and oxygen atoms in total. The van der Waals surface area contributed by atoms with Gasteiger partial charge in [0.05, 0.1) is 11.0 Å². The summed E-state index contributed by atoms with van der Waals surface area (Å²) in [5, 5.41) is 0. The fourth-order valence-electron chi connectivity index (χ4n) is 1.91. The molecule has 1 aliphatic carbocycles. The van der Waals surface area contributed by atoms with Gasteiger partial charge >= 0.3 is 0 Å². The molecule has 0 spiro atoms. The molecule has 1 aromatic heterocycles. The summed E-state index contributed by atoms with van der Waals surface area (Å²) in [5.74, 6) is 1.29. The standard InChI is InChI=1S/C13H15N3/c1-8-6-11-12(16-13(14)15-11)7-10(8)5-4-9-2-3-9/h4-7,9H,2-3H2,1H3,(H3,14,15,16)/b5-4+. The van der Waals surface area contributed by atoms with Crippen LogP contribution < -0.4 is 5.73 Å². The van der Waals surface area contributed by atoms with Gasteiger partial charge in [0.1, 0.15) is 0 Å². The van der Waals surface area contributed by atoms with Crippen LogP contribution in [-0.2, 0) is 0 Å². The maximum atomic E-state index is 5.64. The third kappa shape index (κ3) is 1.69. The highest BCUT2D eigenvalue weighted by Crippen LogP contribution is 2.31. The Bertz CT molecular complexity index is 562. The van der Waals surface area contributed by atoms with Crippen molar-refractivity contribution < 1.29 is 0 Å². The molecule has 3 N–H and O–H groups in total. The largest absolute Gasteiger partial charge is 0.369 e. The minimum atomic E-state index is 0.484. The molecule has 1 heterocycles. The predicted octanol–water partition coefficient (Wildman–Crippen LogP) is 2.88. The number of aromatic nitrogens is 2. The number of anilines is 1. The van der Waals surface area contributed by atoms with Crippen LogP contribution in [0.15, 0.2) is 18.2 Å². The molecule has 0 aliphatic heterocycles. The summed E-state index contributed by atoms with van der Waals surface area (Å²) in [6.07, 6.45) is 7.18. The van der Waals surface area contributed by atoms with Crippen molar-refractivity contribution in [3.63, 3.8) is 0 Å². The summed E-state index contributed by atoms with van der Waals surface area (Å²) in [7, 11) is 0. The van der Waals surface area contributed by atoms with E-state index >= 15 is 0 Å². The lowest BCUT2D eigenvalue weighted by Gasteiger charge is -1.99. The third-order valence-corrected chi connectivity index (χ3v) is 3.06. The number of hydrogen-bond acceptors (Lipinski definition) is 2. The normalized spacial score (nSPS) is 16.3. The Labute approximate surface area is 94.4 Å². The van der Waals surface area contributed by atoms with Crippen molar-refractivity contribution in [1.29, 1.82) is 0 Å². The maximum Gasteiger partial charge on any atom is 0.198 e. The van der Waals surface area contributed by atoms with Gasteiger partial charge in [0.25, 0.3) is 0 Å². The summed E-state index contributed by atoms with van der Waals surface area (Å²) >= 11 is 0. The molecule has 2 aromatic rings. The zero-order chi connectivity index (χ0) is 11.1. The number of H-pyrrole nitrogens is 1. The van der Waals surface area contributed by atoms with E-state index in [1.807, 2.05) is 0 Å². The highest BCUT2D eigenvalue weighted by molar-refractivity contribution is 5.81. The number of benzene rings is 1. The number of fused-ring (bicyclic) bond motifs is 1. The van der Waals surface area contributed by atoms with Gasteiger partial charge in [0.2, 0.25) is 0 Å². The molecule has 1 aromatic carbocycles. The fraction of sp³-hybridized carbons (Fsp3) is 0.308. The van der Waals surface area contributed by atoms with Gasteiger partial charge in [0, 0.05) is 0 Å². The van der Waals surface area contributed by atoms with E-state index in [1.165, 1.54) is 24.0 Å². The van der Waals surface area contributed by atoms with Crippen LogP contribution in [-0.4, -0.2) is 9.97 Å². The van der Waals surface area contributed by atoms with Gasteiger partial charge in [-0.15, -0.1) is 0 Å². The molecule has 3 rings (SSSR count). The van der Waals surface area contributed by atoms with Crippen molar-refractivity contribution in [2.24, 2.45) is 5.92 Å². The number of nitrogens with one attached hydrogen (secondary N) is 1. The van der Waals surface area contributed by atoms with Gasteiger partial charge in [-0.3, -0.25) is 0 Å².